The first-order chi connectivity index (χ1) is 8.38. The summed E-state index contributed by atoms with van der Waals surface area (Å²) in [6, 6.07) is 0.0722. The van der Waals surface area contributed by atoms with Gasteiger partial charge in [0.05, 0.1) is 12.0 Å². The molecule has 0 aromatic rings. The Morgan fingerprint density at radius 1 is 1.06 bits per heavy atom. The molecule has 2 nitrogen and oxygen atoms in total. The van der Waals surface area contributed by atoms with E-state index in [9.17, 15) is 18.3 Å². The predicted molar refractivity (Wildman–Crippen MR) is 63.2 cm³/mol. The molecule has 1 N–H and O–H groups in total. The maximum Gasteiger partial charge on any atom is 0.391 e. The van der Waals surface area contributed by atoms with E-state index >= 15 is 0 Å². The summed E-state index contributed by atoms with van der Waals surface area (Å²) in [4.78, 5) is 2.07. The van der Waals surface area contributed by atoms with Crippen molar-refractivity contribution in [2.45, 2.75) is 57.3 Å². The third-order valence-electron chi connectivity index (χ3n) is 4.50. The molecule has 0 aromatic carbocycles. The molecule has 18 heavy (non-hydrogen) atoms. The molecular weight excluding hydrogens is 243 g/mol. The van der Waals surface area contributed by atoms with Gasteiger partial charge in [0.1, 0.15) is 0 Å². The first kappa shape index (κ1) is 14.1. The third-order valence-corrected chi connectivity index (χ3v) is 4.50. The first-order valence-corrected chi connectivity index (χ1v) is 6.86. The van der Waals surface area contributed by atoms with Gasteiger partial charge in [-0.2, -0.15) is 13.2 Å². The molecule has 0 aromatic heterocycles. The van der Waals surface area contributed by atoms with Crippen molar-refractivity contribution in [3.05, 3.63) is 0 Å². The smallest absolute Gasteiger partial charge is 0.391 e. The Morgan fingerprint density at radius 2 is 1.67 bits per heavy atom. The molecule has 1 aliphatic carbocycles. The van der Waals surface area contributed by atoms with E-state index in [2.05, 4.69) is 11.8 Å². The standard InChI is InChI=1S/C13H22F3NO/c1-9-2-3-12(18)11(8-9)17-6-4-10(5-7-17)13(14,15)16/h9-12,18H,2-8H2,1H3. The number of likely N-dealkylation sites (tertiary alicyclic amines) is 1. The quantitative estimate of drug-likeness (QED) is 0.788. The van der Waals surface area contributed by atoms with Crippen molar-refractivity contribution in [3.8, 4) is 0 Å². The van der Waals surface area contributed by atoms with Crippen LogP contribution >= 0.6 is 0 Å². The third kappa shape index (κ3) is 3.18. The number of halogens is 3. The molecule has 3 atom stereocenters. The topological polar surface area (TPSA) is 23.5 Å². The average Bonchev–Trinajstić information content (AvgIpc) is 2.31. The van der Waals surface area contributed by atoms with Gasteiger partial charge in [0.2, 0.25) is 0 Å². The minimum atomic E-state index is -4.05. The lowest BCUT2D eigenvalue weighted by molar-refractivity contribution is -0.187. The molecule has 1 heterocycles. The van der Waals surface area contributed by atoms with Crippen LogP contribution in [0, 0.1) is 11.8 Å². The van der Waals surface area contributed by atoms with Gasteiger partial charge < -0.3 is 5.11 Å². The van der Waals surface area contributed by atoms with Crippen LogP contribution in [0.1, 0.15) is 39.0 Å². The van der Waals surface area contributed by atoms with Crippen LogP contribution in [0.25, 0.3) is 0 Å². The molecule has 106 valence electrons. The van der Waals surface area contributed by atoms with E-state index in [4.69, 9.17) is 0 Å². The molecule has 1 saturated carbocycles. The molecule has 0 radical (unpaired) electrons. The zero-order valence-corrected chi connectivity index (χ0v) is 10.8. The Hall–Kier alpha value is -0.290. The van der Waals surface area contributed by atoms with Gasteiger partial charge in [0, 0.05) is 6.04 Å². The maximum atomic E-state index is 12.6. The molecule has 0 bridgehead atoms. The lowest BCUT2D eigenvalue weighted by atomic mass is 9.82. The fourth-order valence-corrected chi connectivity index (χ4v) is 3.29. The van der Waals surface area contributed by atoms with E-state index in [1.807, 2.05) is 0 Å². The SMILES string of the molecule is CC1CCC(O)C(N2CCC(C(F)(F)F)CC2)C1. The molecule has 5 heteroatoms. The van der Waals surface area contributed by atoms with Crippen LogP contribution in [0.4, 0.5) is 13.2 Å². The summed E-state index contributed by atoms with van der Waals surface area (Å²) in [7, 11) is 0. The Balaban J connectivity index is 1.89. The molecule has 2 aliphatic rings. The van der Waals surface area contributed by atoms with Gasteiger partial charge in [-0.05, 0) is 51.1 Å². The van der Waals surface area contributed by atoms with Crippen molar-refractivity contribution >= 4 is 0 Å². The van der Waals surface area contributed by atoms with Crippen LogP contribution in [0.15, 0.2) is 0 Å². The Morgan fingerprint density at radius 3 is 2.22 bits per heavy atom. The molecule has 3 unspecified atom stereocenters. The summed E-state index contributed by atoms with van der Waals surface area (Å²) in [5.74, 6) is -0.578. The van der Waals surface area contributed by atoms with E-state index in [0.29, 0.717) is 19.0 Å². The summed E-state index contributed by atoms with van der Waals surface area (Å²) >= 11 is 0. The Kier molecular flexibility index (Phi) is 4.22. The second-order valence-corrected chi connectivity index (χ2v) is 5.90. The van der Waals surface area contributed by atoms with Crippen molar-refractivity contribution in [1.82, 2.24) is 4.90 Å². The number of piperidine rings is 1. The van der Waals surface area contributed by atoms with E-state index in [1.165, 1.54) is 0 Å². The molecule has 0 spiro atoms. The highest BCUT2D eigenvalue weighted by Crippen LogP contribution is 2.36. The fourth-order valence-electron chi connectivity index (χ4n) is 3.29. The summed E-state index contributed by atoms with van der Waals surface area (Å²) in [5, 5.41) is 10.0. The van der Waals surface area contributed by atoms with Gasteiger partial charge in [-0.1, -0.05) is 6.92 Å². The average molecular weight is 265 g/mol. The van der Waals surface area contributed by atoms with Crippen LogP contribution in [-0.4, -0.2) is 41.4 Å². The van der Waals surface area contributed by atoms with E-state index in [1.54, 1.807) is 0 Å². The number of nitrogens with zero attached hydrogens (tertiary/aromatic N) is 1. The van der Waals surface area contributed by atoms with E-state index in [-0.39, 0.29) is 25.0 Å². The van der Waals surface area contributed by atoms with Crippen LogP contribution in [-0.2, 0) is 0 Å². The van der Waals surface area contributed by atoms with E-state index < -0.39 is 12.1 Å². The summed E-state index contributed by atoms with van der Waals surface area (Å²) in [5.41, 5.74) is 0. The predicted octanol–water partition coefficient (Wildman–Crippen LogP) is 2.81. The van der Waals surface area contributed by atoms with Crippen LogP contribution < -0.4 is 0 Å². The summed E-state index contributed by atoms with van der Waals surface area (Å²) in [6.07, 6.45) is -1.32. The van der Waals surface area contributed by atoms with Crippen LogP contribution in [0.5, 0.6) is 0 Å². The van der Waals surface area contributed by atoms with Crippen molar-refractivity contribution in [2.24, 2.45) is 11.8 Å². The summed E-state index contributed by atoms with van der Waals surface area (Å²) in [6.45, 7) is 3.10. The highest BCUT2D eigenvalue weighted by molar-refractivity contribution is 4.88. The Bertz CT molecular complexity index is 274. The van der Waals surface area contributed by atoms with Crippen LogP contribution in [0.2, 0.25) is 0 Å². The zero-order valence-electron chi connectivity index (χ0n) is 10.8. The minimum absolute atomic E-state index is 0.0722. The monoisotopic (exact) mass is 265 g/mol. The summed E-state index contributed by atoms with van der Waals surface area (Å²) < 4.78 is 37.7. The van der Waals surface area contributed by atoms with Crippen molar-refractivity contribution in [1.29, 1.82) is 0 Å². The second-order valence-electron chi connectivity index (χ2n) is 5.90. The van der Waals surface area contributed by atoms with Crippen molar-refractivity contribution in [2.75, 3.05) is 13.1 Å². The number of alkyl halides is 3. The van der Waals surface area contributed by atoms with E-state index in [0.717, 1.165) is 19.3 Å². The first-order valence-electron chi connectivity index (χ1n) is 6.86. The normalized spacial score (nSPS) is 36.8. The number of hydrogen-bond acceptors (Lipinski definition) is 2. The van der Waals surface area contributed by atoms with Crippen molar-refractivity contribution < 1.29 is 18.3 Å². The Labute approximate surface area is 106 Å². The van der Waals surface area contributed by atoms with Gasteiger partial charge >= 0.3 is 6.18 Å². The number of hydrogen-bond donors (Lipinski definition) is 1. The van der Waals surface area contributed by atoms with Gasteiger partial charge in [-0.15, -0.1) is 0 Å². The van der Waals surface area contributed by atoms with Gasteiger partial charge in [-0.25, -0.2) is 0 Å². The lowest BCUT2D eigenvalue weighted by Gasteiger charge is -2.43. The second kappa shape index (κ2) is 5.37. The van der Waals surface area contributed by atoms with Crippen molar-refractivity contribution in [3.63, 3.8) is 0 Å². The minimum Gasteiger partial charge on any atom is -0.391 e. The maximum absolute atomic E-state index is 12.6. The molecule has 1 aliphatic heterocycles. The molecule has 1 saturated heterocycles. The highest BCUT2D eigenvalue weighted by atomic mass is 19.4. The molecular formula is C13H22F3NO. The van der Waals surface area contributed by atoms with Gasteiger partial charge in [0.25, 0.3) is 0 Å². The van der Waals surface area contributed by atoms with Gasteiger partial charge in [-0.3, -0.25) is 4.90 Å². The molecule has 2 rings (SSSR count). The number of aliphatic hydroxyl groups is 1. The highest BCUT2D eigenvalue weighted by Gasteiger charge is 2.43. The lowest BCUT2D eigenvalue weighted by Crippen LogP contribution is -2.51. The number of aliphatic hydroxyl groups excluding tert-OH is 1. The van der Waals surface area contributed by atoms with Gasteiger partial charge in [0.15, 0.2) is 0 Å². The zero-order chi connectivity index (χ0) is 13.3. The molecule has 2 fully saturated rings. The molecule has 0 amide bonds. The fraction of sp³-hybridized carbons (Fsp3) is 1.00. The number of rotatable bonds is 1. The van der Waals surface area contributed by atoms with Crippen LogP contribution in [0.3, 0.4) is 0 Å². The largest absolute Gasteiger partial charge is 0.391 e.